The average molecular weight is 578 g/mol. The van der Waals surface area contributed by atoms with E-state index in [1.807, 2.05) is 86.6 Å². The number of nitrogens with zero attached hydrogens (tertiary/aromatic N) is 2. The van der Waals surface area contributed by atoms with Crippen molar-refractivity contribution in [1.29, 1.82) is 0 Å². The van der Waals surface area contributed by atoms with Crippen molar-refractivity contribution >= 4 is 27.5 Å². The van der Waals surface area contributed by atoms with Crippen molar-refractivity contribution in [2.75, 3.05) is 17.1 Å². The molecule has 0 aliphatic heterocycles. The molecule has 7 nitrogen and oxygen atoms in total. The molecule has 0 aliphatic carbocycles. The Morgan fingerprint density at radius 2 is 1.39 bits per heavy atom. The lowest BCUT2D eigenvalue weighted by atomic mass is 9.87. The summed E-state index contributed by atoms with van der Waals surface area (Å²) in [5.74, 6) is -0.729. The van der Waals surface area contributed by atoms with Gasteiger partial charge in [0, 0.05) is 19.0 Å². The van der Waals surface area contributed by atoms with E-state index in [2.05, 4.69) is 26.1 Å². The molecule has 0 bridgehead atoms. The van der Waals surface area contributed by atoms with Gasteiger partial charge in [-0.25, -0.2) is 8.42 Å². The molecule has 0 saturated heterocycles. The highest BCUT2D eigenvalue weighted by Gasteiger charge is 2.33. The Bertz CT molecular complexity index is 1390. The fourth-order valence-corrected chi connectivity index (χ4v) is 5.37. The SMILES string of the molecule is CC[C@@H](C)NC(=O)[C@@H](Cc1ccccc1)N(Cc1ccccc1)C(=O)CN(c1ccc(C(C)(C)C)cc1)S(C)(=O)=O. The number of anilines is 1. The minimum atomic E-state index is -3.81. The van der Waals surface area contributed by atoms with Crippen LogP contribution in [0.15, 0.2) is 84.9 Å². The maximum atomic E-state index is 14.1. The Morgan fingerprint density at radius 3 is 1.88 bits per heavy atom. The maximum Gasteiger partial charge on any atom is 0.244 e. The summed E-state index contributed by atoms with van der Waals surface area (Å²) in [5.41, 5.74) is 3.09. The van der Waals surface area contributed by atoms with E-state index < -0.39 is 28.5 Å². The summed E-state index contributed by atoms with van der Waals surface area (Å²) in [6.45, 7) is 9.89. The van der Waals surface area contributed by atoms with E-state index in [1.54, 1.807) is 12.1 Å². The van der Waals surface area contributed by atoms with Crippen LogP contribution in [0.25, 0.3) is 0 Å². The molecule has 0 heterocycles. The van der Waals surface area contributed by atoms with Crippen LogP contribution in [0.4, 0.5) is 5.69 Å². The van der Waals surface area contributed by atoms with Gasteiger partial charge >= 0.3 is 0 Å². The lowest BCUT2D eigenvalue weighted by Crippen LogP contribution is -2.54. The molecule has 3 aromatic carbocycles. The van der Waals surface area contributed by atoms with Gasteiger partial charge in [0.15, 0.2) is 0 Å². The minimum absolute atomic E-state index is 0.0803. The van der Waals surface area contributed by atoms with Crippen molar-refractivity contribution in [2.24, 2.45) is 0 Å². The number of carbonyl (C=O) groups is 2. The summed E-state index contributed by atoms with van der Waals surface area (Å²) >= 11 is 0. The molecule has 3 aromatic rings. The summed E-state index contributed by atoms with van der Waals surface area (Å²) in [5, 5.41) is 3.04. The first-order valence-electron chi connectivity index (χ1n) is 14.1. The second-order valence-corrected chi connectivity index (χ2v) is 13.5. The number of benzene rings is 3. The molecule has 0 unspecified atom stereocenters. The van der Waals surface area contributed by atoms with Crippen LogP contribution in [0.3, 0.4) is 0 Å². The van der Waals surface area contributed by atoms with Crippen LogP contribution >= 0.6 is 0 Å². The number of amides is 2. The van der Waals surface area contributed by atoms with Crippen LogP contribution in [-0.2, 0) is 38.0 Å². The molecule has 8 heteroatoms. The Kier molecular flexibility index (Phi) is 10.7. The third kappa shape index (κ3) is 9.18. The predicted molar refractivity (Wildman–Crippen MR) is 166 cm³/mol. The zero-order valence-corrected chi connectivity index (χ0v) is 25.8. The van der Waals surface area contributed by atoms with Gasteiger partial charge in [-0.15, -0.1) is 0 Å². The fourth-order valence-electron chi connectivity index (χ4n) is 4.52. The van der Waals surface area contributed by atoms with Crippen LogP contribution in [0.2, 0.25) is 0 Å². The van der Waals surface area contributed by atoms with Crippen molar-refractivity contribution in [3.8, 4) is 0 Å². The van der Waals surface area contributed by atoms with Gasteiger partial charge in [-0.1, -0.05) is 100 Å². The summed E-state index contributed by atoms with van der Waals surface area (Å²) < 4.78 is 27.1. The van der Waals surface area contributed by atoms with E-state index in [4.69, 9.17) is 0 Å². The van der Waals surface area contributed by atoms with Crippen LogP contribution in [0.5, 0.6) is 0 Å². The largest absolute Gasteiger partial charge is 0.352 e. The molecule has 2 atom stereocenters. The Balaban J connectivity index is 2.03. The van der Waals surface area contributed by atoms with Crippen LogP contribution < -0.4 is 9.62 Å². The zero-order chi connectivity index (χ0) is 30.2. The molecule has 0 saturated carbocycles. The Labute approximate surface area is 245 Å². The summed E-state index contributed by atoms with van der Waals surface area (Å²) in [6.07, 6.45) is 2.13. The highest BCUT2D eigenvalue weighted by Crippen LogP contribution is 2.26. The van der Waals surface area contributed by atoms with Crippen molar-refractivity contribution < 1.29 is 18.0 Å². The van der Waals surface area contributed by atoms with Crippen molar-refractivity contribution in [3.63, 3.8) is 0 Å². The van der Waals surface area contributed by atoms with Gasteiger partial charge in [0.05, 0.1) is 11.9 Å². The summed E-state index contributed by atoms with van der Waals surface area (Å²) in [7, 11) is -3.81. The normalized spacial score (nSPS) is 13.2. The van der Waals surface area contributed by atoms with E-state index in [0.29, 0.717) is 12.1 Å². The number of nitrogens with one attached hydrogen (secondary N) is 1. The number of hydrogen-bond acceptors (Lipinski definition) is 4. The highest BCUT2D eigenvalue weighted by molar-refractivity contribution is 7.92. The van der Waals surface area contributed by atoms with Gasteiger partial charge < -0.3 is 10.2 Å². The molecule has 0 radical (unpaired) electrons. The van der Waals surface area contributed by atoms with Gasteiger partial charge in [0.25, 0.3) is 0 Å². The van der Waals surface area contributed by atoms with E-state index >= 15 is 0 Å². The first kappa shape index (κ1) is 31.9. The van der Waals surface area contributed by atoms with E-state index in [-0.39, 0.29) is 23.9 Å². The summed E-state index contributed by atoms with van der Waals surface area (Å²) in [6, 6.07) is 25.3. The Hall–Kier alpha value is -3.65. The van der Waals surface area contributed by atoms with Crippen LogP contribution in [0.1, 0.15) is 57.7 Å². The molecule has 220 valence electrons. The van der Waals surface area contributed by atoms with E-state index in [0.717, 1.165) is 33.7 Å². The third-order valence-electron chi connectivity index (χ3n) is 7.17. The molecule has 0 spiro atoms. The predicted octanol–water partition coefficient (Wildman–Crippen LogP) is 5.30. The molecule has 2 amide bonds. The van der Waals surface area contributed by atoms with Gasteiger partial charge in [-0.2, -0.15) is 0 Å². The van der Waals surface area contributed by atoms with E-state index in [1.165, 1.54) is 4.90 Å². The van der Waals surface area contributed by atoms with Gasteiger partial charge in [0.2, 0.25) is 21.8 Å². The smallest absolute Gasteiger partial charge is 0.244 e. The second kappa shape index (κ2) is 13.8. The van der Waals surface area contributed by atoms with Gasteiger partial charge in [0.1, 0.15) is 12.6 Å². The third-order valence-corrected chi connectivity index (χ3v) is 8.31. The second-order valence-electron chi connectivity index (χ2n) is 11.6. The zero-order valence-electron chi connectivity index (χ0n) is 25.0. The Morgan fingerprint density at radius 1 is 0.854 bits per heavy atom. The summed E-state index contributed by atoms with van der Waals surface area (Å²) in [4.78, 5) is 29.4. The van der Waals surface area contributed by atoms with Crippen molar-refractivity contribution in [3.05, 3.63) is 102 Å². The molecular formula is C33H43N3O4S. The minimum Gasteiger partial charge on any atom is -0.352 e. The molecular weight excluding hydrogens is 534 g/mol. The first-order valence-corrected chi connectivity index (χ1v) is 15.9. The van der Waals surface area contributed by atoms with E-state index in [9.17, 15) is 18.0 Å². The van der Waals surface area contributed by atoms with Crippen molar-refractivity contribution in [2.45, 2.75) is 71.5 Å². The van der Waals surface area contributed by atoms with Crippen LogP contribution in [-0.4, -0.2) is 50.0 Å². The number of hydrogen-bond donors (Lipinski definition) is 1. The molecule has 0 aromatic heterocycles. The number of sulfonamides is 1. The van der Waals surface area contributed by atoms with Crippen molar-refractivity contribution in [1.82, 2.24) is 10.2 Å². The fraction of sp³-hybridized carbons (Fsp3) is 0.394. The maximum absolute atomic E-state index is 14.1. The molecule has 3 rings (SSSR count). The van der Waals surface area contributed by atoms with Gasteiger partial charge in [-0.05, 0) is 47.6 Å². The lowest BCUT2D eigenvalue weighted by molar-refractivity contribution is -0.140. The number of carbonyl (C=O) groups excluding carboxylic acids is 2. The quantitative estimate of drug-likeness (QED) is 0.316. The van der Waals surface area contributed by atoms with Gasteiger partial charge in [-0.3, -0.25) is 13.9 Å². The molecule has 0 fully saturated rings. The standard InChI is InChI=1S/C33H43N3O4S/c1-7-25(2)34-32(38)30(22-26-14-10-8-11-15-26)35(23-27-16-12-9-13-17-27)31(37)24-36(41(6,39)40)29-20-18-28(19-21-29)33(3,4)5/h8-21,25,30H,7,22-24H2,1-6H3,(H,34,38)/t25-,30-/m1/s1. The first-order chi connectivity index (χ1) is 19.3. The average Bonchev–Trinajstić information content (AvgIpc) is 2.93. The monoisotopic (exact) mass is 577 g/mol. The number of rotatable bonds is 12. The highest BCUT2D eigenvalue weighted by atomic mass is 32.2. The molecule has 0 aliphatic rings. The lowest BCUT2D eigenvalue weighted by Gasteiger charge is -2.34. The topological polar surface area (TPSA) is 86.8 Å². The van der Waals surface area contributed by atoms with Crippen LogP contribution in [0, 0.1) is 0 Å². The molecule has 1 N–H and O–H groups in total. The molecule has 41 heavy (non-hydrogen) atoms.